The molecule has 1 atom stereocenters. The Morgan fingerprint density at radius 2 is 1.96 bits per heavy atom. The third-order valence-electron chi connectivity index (χ3n) is 4.04. The summed E-state index contributed by atoms with van der Waals surface area (Å²) in [6, 6.07) is 15.3. The second-order valence-corrected chi connectivity index (χ2v) is 7.15. The molecule has 27 heavy (non-hydrogen) atoms. The van der Waals surface area contributed by atoms with Crippen molar-refractivity contribution in [2.45, 2.75) is 30.7 Å². The van der Waals surface area contributed by atoms with E-state index in [0.717, 1.165) is 17.8 Å². The number of hydrogen-bond acceptors (Lipinski definition) is 6. The molecule has 3 aromatic rings. The molecule has 1 amide bonds. The molecule has 2 aromatic carbocycles. The molecule has 1 heterocycles. The van der Waals surface area contributed by atoms with E-state index in [1.807, 2.05) is 55.5 Å². The van der Waals surface area contributed by atoms with Gasteiger partial charge in [0.2, 0.25) is 11.1 Å². The molecule has 0 saturated heterocycles. The van der Waals surface area contributed by atoms with Crippen LogP contribution in [0.1, 0.15) is 19.4 Å². The number of aryl methyl sites for hydroxylation is 1. The van der Waals surface area contributed by atoms with Crippen molar-refractivity contribution in [2.75, 3.05) is 12.4 Å². The van der Waals surface area contributed by atoms with Crippen LogP contribution in [0.25, 0.3) is 5.69 Å². The van der Waals surface area contributed by atoms with Crippen molar-refractivity contribution in [1.82, 2.24) is 20.2 Å². The van der Waals surface area contributed by atoms with Gasteiger partial charge in [0, 0.05) is 5.69 Å². The number of rotatable bonds is 7. The molecule has 0 radical (unpaired) electrons. The van der Waals surface area contributed by atoms with Gasteiger partial charge in [-0.1, -0.05) is 43.0 Å². The van der Waals surface area contributed by atoms with Gasteiger partial charge in [-0.3, -0.25) is 4.79 Å². The van der Waals surface area contributed by atoms with Crippen molar-refractivity contribution in [3.05, 3.63) is 54.1 Å². The number of methoxy groups -OCH3 is 1. The van der Waals surface area contributed by atoms with Gasteiger partial charge in [-0.2, -0.15) is 4.68 Å². The highest BCUT2D eigenvalue weighted by molar-refractivity contribution is 8.00. The molecule has 140 valence electrons. The smallest absolute Gasteiger partial charge is 0.237 e. The van der Waals surface area contributed by atoms with Crippen molar-refractivity contribution in [3.63, 3.8) is 0 Å². The first-order valence-corrected chi connectivity index (χ1v) is 9.48. The summed E-state index contributed by atoms with van der Waals surface area (Å²) in [6.45, 7) is 3.92. The average Bonchev–Trinajstić information content (AvgIpc) is 3.16. The van der Waals surface area contributed by atoms with Gasteiger partial charge in [0.15, 0.2) is 0 Å². The second kappa shape index (κ2) is 8.68. The van der Waals surface area contributed by atoms with Crippen molar-refractivity contribution < 1.29 is 9.53 Å². The van der Waals surface area contributed by atoms with E-state index >= 15 is 0 Å². The molecule has 1 N–H and O–H groups in total. The van der Waals surface area contributed by atoms with Gasteiger partial charge < -0.3 is 10.1 Å². The van der Waals surface area contributed by atoms with Crippen molar-refractivity contribution >= 4 is 23.4 Å². The highest BCUT2D eigenvalue weighted by atomic mass is 32.2. The van der Waals surface area contributed by atoms with E-state index in [1.54, 1.807) is 11.8 Å². The lowest BCUT2D eigenvalue weighted by molar-refractivity contribution is -0.115. The zero-order valence-corrected chi connectivity index (χ0v) is 16.2. The highest BCUT2D eigenvalue weighted by Crippen LogP contribution is 2.28. The van der Waals surface area contributed by atoms with Crippen LogP contribution < -0.4 is 10.1 Å². The van der Waals surface area contributed by atoms with Crippen LogP contribution in [0.3, 0.4) is 0 Å². The minimum Gasteiger partial charge on any atom is -0.494 e. The van der Waals surface area contributed by atoms with Crippen molar-refractivity contribution in [3.8, 4) is 11.4 Å². The first kappa shape index (κ1) is 18.9. The number of carbonyl (C=O) groups is 1. The van der Waals surface area contributed by atoms with E-state index in [2.05, 4.69) is 27.8 Å². The minimum absolute atomic E-state index is 0.112. The van der Waals surface area contributed by atoms with Gasteiger partial charge in [-0.25, -0.2) is 0 Å². The molecular weight excluding hydrogens is 362 g/mol. The first-order valence-electron chi connectivity index (χ1n) is 8.60. The maximum atomic E-state index is 12.5. The number of nitrogens with zero attached hydrogens (tertiary/aromatic N) is 4. The Bertz CT molecular complexity index is 910. The number of tetrazole rings is 1. The van der Waals surface area contributed by atoms with E-state index in [-0.39, 0.29) is 11.2 Å². The predicted molar refractivity (Wildman–Crippen MR) is 105 cm³/mol. The van der Waals surface area contributed by atoms with Crippen LogP contribution in [0.5, 0.6) is 5.75 Å². The number of hydrogen-bond donors (Lipinski definition) is 1. The van der Waals surface area contributed by atoms with Crippen LogP contribution in [0.4, 0.5) is 5.69 Å². The van der Waals surface area contributed by atoms with Gasteiger partial charge in [-0.05, 0) is 53.6 Å². The van der Waals surface area contributed by atoms with E-state index in [4.69, 9.17) is 4.74 Å². The molecule has 0 fully saturated rings. The number of aromatic nitrogens is 4. The highest BCUT2D eigenvalue weighted by Gasteiger charge is 2.20. The molecule has 1 unspecified atom stereocenters. The minimum atomic E-state index is -0.379. The molecule has 0 aliphatic carbocycles. The fraction of sp³-hybridized carbons (Fsp3) is 0.263. The Hall–Kier alpha value is -2.87. The Morgan fingerprint density at radius 3 is 2.67 bits per heavy atom. The van der Waals surface area contributed by atoms with Crippen LogP contribution in [0, 0.1) is 0 Å². The lowest BCUT2D eigenvalue weighted by atomic mass is 10.1. The second-order valence-electron chi connectivity index (χ2n) is 5.84. The fourth-order valence-corrected chi connectivity index (χ4v) is 3.29. The van der Waals surface area contributed by atoms with E-state index in [0.29, 0.717) is 10.9 Å². The third-order valence-corrected chi connectivity index (χ3v) is 5.07. The van der Waals surface area contributed by atoms with Crippen LogP contribution in [-0.4, -0.2) is 38.5 Å². The van der Waals surface area contributed by atoms with Gasteiger partial charge in [0.1, 0.15) is 11.4 Å². The summed E-state index contributed by atoms with van der Waals surface area (Å²) >= 11 is 1.29. The van der Waals surface area contributed by atoms with Gasteiger partial charge in [0.05, 0.1) is 12.4 Å². The Kier molecular flexibility index (Phi) is 6.08. The van der Waals surface area contributed by atoms with Crippen molar-refractivity contribution in [1.29, 1.82) is 0 Å². The summed E-state index contributed by atoms with van der Waals surface area (Å²) in [7, 11) is 1.59. The number of amides is 1. The standard InChI is InChI=1S/C19H21N5O2S/c1-4-14-9-11-15(12-10-14)20-18(25)13(2)27-19-21-22-23-24(19)16-7-5-6-8-17(16)26-3/h5-13H,4H2,1-3H3,(H,20,25). The Labute approximate surface area is 162 Å². The summed E-state index contributed by atoms with van der Waals surface area (Å²) in [6.07, 6.45) is 0.964. The molecule has 0 aliphatic rings. The van der Waals surface area contributed by atoms with Crippen LogP contribution in [0.15, 0.2) is 53.7 Å². The molecular formula is C19H21N5O2S. The SMILES string of the molecule is CCc1ccc(NC(=O)C(C)Sc2nnnn2-c2ccccc2OC)cc1. The topological polar surface area (TPSA) is 81.9 Å². The number of para-hydroxylation sites is 2. The summed E-state index contributed by atoms with van der Waals surface area (Å²) in [5.41, 5.74) is 2.72. The van der Waals surface area contributed by atoms with Crippen LogP contribution in [0.2, 0.25) is 0 Å². The van der Waals surface area contributed by atoms with Crippen LogP contribution in [-0.2, 0) is 11.2 Å². The normalized spacial score (nSPS) is 11.8. The number of benzene rings is 2. The number of ether oxygens (including phenoxy) is 1. The van der Waals surface area contributed by atoms with Gasteiger partial charge in [0.25, 0.3) is 0 Å². The maximum Gasteiger partial charge on any atom is 0.237 e. The third kappa shape index (κ3) is 4.46. The quantitative estimate of drug-likeness (QED) is 0.630. The molecule has 0 bridgehead atoms. The molecule has 0 spiro atoms. The Morgan fingerprint density at radius 1 is 1.22 bits per heavy atom. The summed E-state index contributed by atoms with van der Waals surface area (Å²) in [5, 5.41) is 14.9. The molecule has 3 rings (SSSR count). The van der Waals surface area contributed by atoms with E-state index in [9.17, 15) is 4.79 Å². The number of anilines is 1. The van der Waals surface area contributed by atoms with Gasteiger partial charge >= 0.3 is 0 Å². The number of thioether (sulfide) groups is 1. The molecule has 8 heteroatoms. The maximum absolute atomic E-state index is 12.5. The first-order chi connectivity index (χ1) is 13.1. The van der Waals surface area contributed by atoms with Gasteiger partial charge in [-0.15, -0.1) is 5.10 Å². The van der Waals surface area contributed by atoms with Crippen LogP contribution >= 0.6 is 11.8 Å². The fourth-order valence-electron chi connectivity index (χ4n) is 2.49. The zero-order chi connectivity index (χ0) is 19.2. The lowest BCUT2D eigenvalue weighted by Gasteiger charge is -2.13. The Balaban J connectivity index is 1.72. The zero-order valence-electron chi connectivity index (χ0n) is 15.4. The van der Waals surface area contributed by atoms with E-state index in [1.165, 1.54) is 17.3 Å². The average molecular weight is 383 g/mol. The molecule has 1 aromatic heterocycles. The van der Waals surface area contributed by atoms with E-state index < -0.39 is 0 Å². The largest absolute Gasteiger partial charge is 0.494 e. The summed E-state index contributed by atoms with van der Waals surface area (Å²) < 4.78 is 6.94. The monoisotopic (exact) mass is 383 g/mol. The van der Waals surface area contributed by atoms with Crippen molar-refractivity contribution in [2.24, 2.45) is 0 Å². The molecule has 0 aliphatic heterocycles. The number of nitrogens with one attached hydrogen (secondary N) is 1. The summed E-state index contributed by atoms with van der Waals surface area (Å²) in [5.74, 6) is 0.540. The predicted octanol–water partition coefficient (Wildman–Crippen LogP) is 3.35. The molecule has 7 nitrogen and oxygen atoms in total. The number of carbonyl (C=O) groups excluding carboxylic acids is 1. The summed E-state index contributed by atoms with van der Waals surface area (Å²) in [4.78, 5) is 12.5. The molecule has 0 saturated carbocycles. The lowest BCUT2D eigenvalue weighted by Crippen LogP contribution is -2.23.